The Morgan fingerprint density at radius 3 is 2.33 bits per heavy atom. The number of hydrogen-bond donors (Lipinski definition) is 2. The highest BCUT2D eigenvalue weighted by atomic mass is 35.5. The number of rotatable bonds is 6. The van der Waals surface area contributed by atoms with Gasteiger partial charge in [0.25, 0.3) is 5.91 Å². The van der Waals surface area contributed by atoms with Crippen molar-refractivity contribution in [1.29, 1.82) is 0 Å². The van der Waals surface area contributed by atoms with Gasteiger partial charge in [-0.25, -0.2) is 16.8 Å². The monoisotopic (exact) mass is 472 g/mol. The number of nitrogens with one attached hydrogen (secondary N) is 1. The maximum atomic E-state index is 12.8. The third kappa shape index (κ3) is 4.46. The van der Waals surface area contributed by atoms with Crippen LogP contribution in [0.4, 0.5) is 5.69 Å². The highest BCUT2D eigenvalue weighted by Crippen LogP contribution is 2.30. The Morgan fingerprint density at radius 2 is 1.70 bits per heavy atom. The Labute approximate surface area is 180 Å². The number of halogens is 1. The summed E-state index contributed by atoms with van der Waals surface area (Å²) < 4.78 is 51.0. The van der Waals surface area contributed by atoms with Crippen LogP contribution in [0.3, 0.4) is 0 Å². The fraction of sp³-hybridized carbons (Fsp3) is 0.316. The van der Waals surface area contributed by atoms with Crippen LogP contribution in [0.15, 0.2) is 46.2 Å². The minimum absolute atomic E-state index is 0.0182. The van der Waals surface area contributed by atoms with E-state index in [9.17, 15) is 26.7 Å². The van der Waals surface area contributed by atoms with Crippen molar-refractivity contribution >= 4 is 43.1 Å². The van der Waals surface area contributed by atoms with E-state index in [0.717, 1.165) is 25.0 Å². The summed E-state index contributed by atoms with van der Waals surface area (Å²) in [5.41, 5.74) is -0.238. The fourth-order valence-electron chi connectivity index (χ4n) is 3.08. The van der Waals surface area contributed by atoms with Gasteiger partial charge in [-0.15, -0.1) is 0 Å². The molecule has 30 heavy (non-hydrogen) atoms. The molecule has 1 fully saturated rings. The lowest BCUT2D eigenvalue weighted by Crippen LogP contribution is -2.28. The number of carbonyl (C=O) groups is 1. The van der Waals surface area contributed by atoms with Crippen molar-refractivity contribution in [2.45, 2.75) is 29.6 Å². The van der Waals surface area contributed by atoms with Gasteiger partial charge in [-0.05, 0) is 49.2 Å². The van der Waals surface area contributed by atoms with E-state index in [2.05, 4.69) is 5.32 Å². The van der Waals surface area contributed by atoms with Crippen LogP contribution in [-0.4, -0.2) is 51.0 Å². The molecule has 1 amide bonds. The first-order valence-corrected chi connectivity index (χ1v) is 12.7. The summed E-state index contributed by atoms with van der Waals surface area (Å²) in [4.78, 5) is 12.6. The zero-order valence-electron chi connectivity index (χ0n) is 16.1. The highest BCUT2D eigenvalue weighted by Gasteiger charge is 2.28. The molecule has 2 aromatic rings. The van der Waals surface area contributed by atoms with Gasteiger partial charge in [-0.3, -0.25) is 4.79 Å². The second-order valence-corrected chi connectivity index (χ2v) is 11.4. The van der Waals surface area contributed by atoms with E-state index in [1.165, 1.54) is 35.5 Å². The molecule has 0 atom stereocenters. The predicted molar refractivity (Wildman–Crippen MR) is 113 cm³/mol. The van der Waals surface area contributed by atoms with Crippen molar-refractivity contribution in [1.82, 2.24) is 4.31 Å². The molecule has 0 bridgehead atoms. The summed E-state index contributed by atoms with van der Waals surface area (Å²) in [5, 5.41) is 12.4. The van der Waals surface area contributed by atoms with Crippen molar-refractivity contribution in [2.24, 2.45) is 0 Å². The number of anilines is 1. The first-order valence-electron chi connectivity index (χ1n) is 9.23. The Hall–Kier alpha value is -2.14. The number of sulfone groups is 1. The van der Waals surface area contributed by atoms with Gasteiger partial charge in [0, 0.05) is 13.1 Å². The third-order valence-corrected chi connectivity index (χ3v) is 8.80. The average Bonchev–Trinajstić information content (AvgIpc) is 3.25. The molecule has 0 unspecified atom stereocenters. The zero-order chi connectivity index (χ0) is 22.1. The van der Waals surface area contributed by atoms with E-state index in [-0.39, 0.29) is 37.6 Å². The predicted octanol–water partition coefficient (Wildman–Crippen LogP) is 2.88. The summed E-state index contributed by atoms with van der Waals surface area (Å²) >= 11 is 6.11. The Kier molecular flexibility index (Phi) is 6.42. The summed E-state index contributed by atoms with van der Waals surface area (Å²) in [5.74, 6) is -1.26. The lowest BCUT2D eigenvalue weighted by molar-refractivity contribution is 0.102. The molecule has 1 aliphatic rings. The lowest BCUT2D eigenvalue weighted by Gasteiger charge is -2.16. The van der Waals surface area contributed by atoms with Gasteiger partial charge in [0.2, 0.25) is 10.0 Å². The zero-order valence-corrected chi connectivity index (χ0v) is 18.5. The van der Waals surface area contributed by atoms with E-state index in [1.54, 1.807) is 0 Å². The standard InChI is InChI=1S/C19H21ClN2O6S2/c1-2-29(25,26)13-6-8-18(23)17(12-13)21-19(24)15-11-14(5-7-16(15)20)30(27,28)22-9-3-4-10-22/h5-8,11-12,23H,2-4,9-10H2,1H3,(H,21,24). The minimum Gasteiger partial charge on any atom is -0.506 e. The molecule has 1 heterocycles. The molecule has 11 heteroatoms. The molecule has 0 saturated carbocycles. The first kappa shape index (κ1) is 22.5. The van der Waals surface area contributed by atoms with Crippen molar-refractivity contribution in [2.75, 3.05) is 24.2 Å². The van der Waals surface area contributed by atoms with Gasteiger partial charge >= 0.3 is 0 Å². The van der Waals surface area contributed by atoms with Crippen LogP contribution < -0.4 is 5.32 Å². The minimum atomic E-state index is -3.76. The summed E-state index contributed by atoms with van der Waals surface area (Å²) in [6.07, 6.45) is 1.55. The number of phenolic OH excluding ortho intramolecular Hbond substituents is 1. The van der Waals surface area contributed by atoms with Crippen molar-refractivity contribution in [3.8, 4) is 5.75 Å². The molecule has 1 aliphatic heterocycles. The van der Waals surface area contributed by atoms with Crippen LogP contribution in [0.2, 0.25) is 5.02 Å². The molecule has 162 valence electrons. The van der Waals surface area contributed by atoms with Crippen LogP contribution in [-0.2, 0) is 19.9 Å². The third-order valence-electron chi connectivity index (χ3n) is 4.84. The van der Waals surface area contributed by atoms with Crippen molar-refractivity contribution in [3.63, 3.8) is 0 Å². The van der Waals surface area contributed by atoms with E-state index >= 15 is 0 Å². The summed E-state index contributed by atoms with van der Waals surface area (Å²) in [7, 11) is -7.31. The van der Waals surface area contributed by atoms with Gasteiger partial charge in [0.1, 0.15) is 5.75 Å². The molecule has 0 aromatic heterocycles. The highest BCUT2D eigenvalue weighted by molar-refractivity contribution is 7.91. The van der Waals surface area contributed by atoms with Crippen LogP contribution in [0.5, 0.6) is 5.75 Å². The van der Waals surface area contributed by atoms with Crippen molar-refractivity contribution in [3.05, 3.63) is 47.0 Å². The number of amides is 1. The smallest absolute Gasteiger partial charge is 0.257 e. The SMILES string of the molecule is CCS(=O)(=O)c1ccc(O)c(NC(=O)c2cc(S(=O)(=O)N3CCCC3)ccc2Cl)c1. The maximum Gasteiger partial charge on any atom is 0.257 e. The lowest BCUT2D eigenvalue weighted by atomic mass is 10.2. The number of aromatic hydroxyl groups is 1. The molecule has 3 rings (SSSR count). The maximum absolute atomic E-state index is 12.8. The van der Waals surface area contributed by atoms with Gasteiger partial charge < -0.3 is 10.4 Å². The molecule has 0 radical (unpaired) electrons. The van der Waals surface area contributed by atoms with E-state index < -0.39 is 25.8 Å². The summed E-state index contributed by atoms with van der Waals surface area (Å²) in [6, 6.07) is 7.36. The number of phenols is 1. The molecule has 2 aromatic carbocycles. The fourth-order valence-corrected chi connectivity index (χ4v) is 5.73. The van der Waals surface area contributed by atoms with Gasteiger partial charge in [0.05, 0.1) is 31.8 Å². The molecule has 8 nitrogen and oxygen atoms in total. The Morgan fingerprint density at radius 1 is 1.07 bits per heavy atom. The number of sulfonamides is 1. The molecule has 2 N–H and O–H groups in total. The quantitative estimate of drug-likeness (QED) is 0.623. The average molecular weight is 473 g/mol. The number of nitrogens with zero attached hydrogens (tertiary/aromatic N) is 1. The van der Waals surface area contributed by atoms with Crippen LogP contribution >= 0.6 is 11.6 Å². The summed E-state index contributed by atoms with van der Waals surface area (Å²) in [6.45, 7) is 2.31. The largest absolute Gasteiger partial charge is 0.506 e. The van der Waals surface area contributed by atoms with Crippen LogP contribution in [0, 0.1) is 0 Å². The molecule has 1 saturated heterocycles. The topological polar surface area (TPSA) is 121 Å². The van der Waals surface area contributed by atoms with E-state index in [4.69, 9.17) is 11.6 Å². The van der Waals surface area contributed by atoms with Crippen LogP contribution in [0.25, 0.3) is 0 Å². The second kappa shape index (κ2) is 8.54. The number of carbonyl (C=O) groups excluding carboxylic acids is 1. The number of benzene rings is 2. The molecule has 0 spiro atoms. The Balaban J connectivity index is 1.94. The van der Waals surface area contributed by atoms with Crippen molar-refractivity contribution < 1.29 is 26.7 Å². The Bertz CT molecular complexity index is 1190. The normalized spacial score (nSPS) is 15.3. The van der Waals surface area contributed by atoms with E-state index in [1.807, 2.05) is 0 Å². The first-order chi connectivity index (χ1) is 14.1. The number of hydrogen-bond acceptors (Lipinski definition) is 6. The van der Waals surface area contributed by atoms with Crippen LogP contribution in [0.1, 0.15) is 30.1 Å². The van der Waals surface area contributed by atoms with Gasteiger partial charge in [0.15, 0.2) is 9.84 Å². The molecular formula is C19H21ClN2O6S2. The molecule has 0 aliphatic carbocycles. The second-order valence-electron chi connectivity index (χ2n) is 6.79. The van der Waals surface area contributed by atoms with E-state index in [0.29, 0.717) is 13.1 Å². The van der Waals surface area contributed by atoms with Gasteiger partial charge in [-0.1, -0.05) is 18.5 Å². The van der Waals surface area contributed by atoms with Gasteiger partial charge in [-0.2, -0.15) is 4.31 Å². The molecular weight excluding hydrogens is 452 g/mol.